The number of benzene rings is 1. The minimum absolute atomic E-state index is 0.603. The van der Waals surface area contributed by atoms with Crippen LogP contribution in [0.3, 0.4) is 0 Å². The van der Waals surface area contributed by atoms with Crippen molar-refractivity contribution < 1.29 is 0 Å². The molecule has 2 saturated heterocycles. The molecule has 3 rings (SSSR count). The van der Waals surface area contributed by atoms with Crippen molar-refractivity contribution in [2.45, 2.75) is 44.7 Å². The van der Waals surface area contributed by atoms with E-state index >= 15 is 0 Å². The molecule has 3 heteroatoms. The van der Waals surface area contributed by atoms with Gasteiger partial charge in [-0.15, -0.1) is 0 Å². The Balaban J connectivity index is 1.72. The molecule has 18 heavy (non-hydrogen) atoms. The van der Waals surface area contributed by atoms with Crippen LogP contribution in [0, 0.1) is 6.92 Å². The first-order chi connectivity index (χ1) is 8.72. The smallest absolute Gasteiger partial charge is 0.0429 e. The van der Waals surface area contributed by atoms with Gasteiger partial charge in [-0.1, -0.05) is 6.42 Å². The number of hydrogen-bond donors (Lipinski definition) is 2. The molecule has 98 valence electrons. The van der Waals surface area contributed by atoms with Crippen molar-refractivity contribution in [1.82, 2.24) is 4.90 Å². The number of rotatable bonds is 2. The van der Waals surface area contributed by atoms with Gasteiger partial charge in [-0.05, 0) is 56.5 Å². The molecule has 0 radical (unpaired) electrons. The van der Waals surface area contributed by atoms with Crippen molar-refractivity contribution in [3.05, 3.63) is 23.8 Å². The van der Waals surface area contributed by atoms with Crippen LogP contribution in [0.15, 0.2) is 18.2 Å². The number of piperidine rings is 1. The largest absolute Gasteiger partial charge is 0.399 e. The highest BCUT2D eigenvalue weighted by Gasteiger charge is 2.35. The summed E-state index contributed by atoms with van der Waals surface area (Å²) in [6.45, 7) is 4.64. The quantitative estimate of drug-likeness (QED) is 0.787. The Morgan fingerprint density at radius 3 is 2.89 bits per heavy atom. The lowest BCUT2D eigenvalue weighted by atomic mass is 9.98. The van der Waals surface area contributed by atoms with Crippen molar-refractivity contribution in [3.8, 4) is 0 Å². The number of hydrogen-bond acceptors (Lipinski definition) is 3. The Morgan fingerprint density at radius 1 is 1.17 bits per heavy atom. The third kappa shape index (κ3) is 2.32. The van der Waals surface area contributed by atoms with E-state index in [-0.39, 0.29) is 0 Å². The Kier molecular flexibility index (Phi) is 3.16. The Hall–Kier alpha value is -1.22. The van der Waals surface area contributed by atoms with E-state index in [0.717, 1.165) is 11.7 Å². The Morgan fingerprint density at radius 2 is 2.06 bits per heavy atom. The van der Waals surface area contributed by atoms with Crippen LogP contribution in [0.2, 0.25) is 0 Å². The zero-order valence-electron chi connectivity index (χ0n) is 11.2. The number of nitrogens with zero attached hydrogens (tertiary/aromatic N) is 1. The van der Waals surface area contributed by atoms with Gasteiger partial charge in [0, 0.05) is 30.0 Å². The van der Waals surface area contributed by atoms with Crippen molar-refractivity contribution in [2.75, 3.05) is 24.1 Å². The first-order valence-corrected chi connectivity index (χ1v) is 7.10. The summed E-state index contributed by atoms with van der Waals surface area (Å²) < 4.78 is 0. The van der Waals surface area contributed by atoms with Crippen LogP contribution in [-0.4, -0.2) is 30.1 Å². The van der Waals surface area contributed by atoms with Gasteiger partial charge < -0.3 is 11.1 Å². The lowest BCUT2D eigenvalue weighted by Crippen LogP contribution is -2.41. The Bertz CT molecular complexity index is 409. The monoisotopic (exact) mass is 245 g/mol. The molecule has 2 unspecified atom stereocenters. The number of nitrogen functional groups attached to an aromatic ring is 1. The van der Waals surface area contributed by atoms with Crippen LogP contribution in [-0.2, 0) is 0 Å². The molecule has 0 saturated carbocycles. The maximum absolute atomic E-state index is 5.92. The number of nitrogens with two attached hydrogens (primary N) is 1. The summed E-state index contributed by atoms with van der Waals surface area (Å²) in [6, 6.07) is 7.61. The third-order valence-electron chi connectivity index (χ3n) is 4.31. The van der Waals surface area contributed by atoms with Crippen molar-refractivity contribution in [1.29, 1.82) is 0 Å². The van der Waals surface area contributed by atoms with Gasteiger partial charge in [-0.25, -0.2) is 0 Å². The molecule has 3 nitrogen and oxygen atoms in total. The molecule has 2 aliphatic rings. The molecule has 0 bridgehead atoms. The van der Waals surface area contributed by atoms with Gasteiger partial charge in [0.25, 0.3) is 0 Å². The number of nitrogens with one attached hydrogen (secondary N) is 1. The number of anilines is 2. The van der Waals surface area contributed by atoms with Gasteiger partial charge in [0.05, 0.1) is 0 Å². The van der Waals surface area contributed by atoms with Gasteiger partial charge in [0.15, 0.2) is 0 Å². The molecule has 0 aliphatic carbocycles. The van der Waals surface area contributed by atoms with Gasteiger partial charge in [0.2, 0.25) is 0 Å². The maximum Gasteiger partial charge on any atom is 0.0429 e. The summed E-state index contributed by atoms with van der Waals surface area (Å²) in [4.78, 5) is 2.65. The molecular weight excluding hydrogens is 222 g/mol. The van der Waals surface area contributed by atoms with E-state index < -0.39 is 0 Å². The highest BCUT2D eigenvalue weighted by atomic mass is 15.2. The molecule has 3 N–H and O–H groups in total. The zero-order chi connectivity index (χ0) is 12.5. The van der Waals surface area contributed by atoms with E-state index in [2.05, 4.69) is 29.3 Å². The van der Waals surface area contributed by atoms with Crippen LogP contribution in [0.4, 0.5) is 11.4 Å². The van der Waals surface area contributed by atoms with Gasteiger partial charge in [0.1, 0.15) is 0 Å². The number of aryl methyl sites for hydroxylation is 1. The molecule has 1 aromatic rings. The molecule has 2 fully saturated rings. The SMILES string of the molecule is Cc1cc(N)cc(NC2CCN3CCCCC23)c1. The summed E-state index contributed by atoms with van der Waals surface area (Å²) in [5.41, 5.74) is 9.19. The minimum Gasteiger partial charge on any atom is -0.399 e. The van der Waals surface area contributed by atoms with Crippen LogP contribution >= 0.6 is 0 Å². The second kappa shape index (κ2) is 4.81. The molecule has 0 spiro atoms. The second-order valence-corrected chi connectivity index (χ2v) is 5.77. The average molecular weight is 245 g/mol. The van der Waals surface area contributed by atoms with Crippen molar-refractivity contribution in [2.24, 2.45) is 0 Å². The molecule has 1 aromatic carbocycles. The van der Waals surface area contributed by atoms with E-state index in [9.17, 15) is 0 Å². The molecule has 2 heterocycles. The molecule has 0 amide bonds. The van der Waals surface area contributed by atoms with Gasteiger partial charge in [-0.2, -0.15) is 0 Å². The summed E-state index contributed by atoms with van der Waals surface area (Å²) in [7, 11) is 0. The molecule has 2 aliphatic heterocycles. The first kappa shape index (κ1) is 11.8. The second-order valence-electron chi connectivity index (χ2n) is 5.77. The highest BCUT2D eigenvalue weighted by molar-refractivity contribution is 5.57. The van der Waals surface area contributed by atoms with Crippen molar-refractivity contribution in [3.63, 3.8) is 0 Å². The lowest BCUT2D eigenvalue weighted by molar-refractivity contribution is 0.193. The predicted molar refractivity (Wildman–Crippen MR) is 76.8 cm³/mol. The fraction of sp³-hybridized carbons (Fsp3) is 0.600. The third-order valence-corrected chi connectivity index (χ3v) is 4.31. The van der Waals surface area contributed by atoms with Crippen LogP contribution < -0.4 is 11.1 Å². The van der Waals surface area contributed by atoms with Gasteiger partial charge in [-0.3, -0.25) is 4.90 Å². The normalized spacial score (nSPS) is 28.1. The van der Waals surface area contributed by atoms with Gasteiger partial charge >= 0.3 is 0 Å². The van der Waals surface area contributed by atoms with Crippen LogP contribution in [0.1, 0.15) is 31.2 Å². The van der Waals surface area contributed by atoms with E-state index in [1.54, 1.807) is 0 Å². The molecular formula is C15H23N3. The lowest BCUT2D eigenvalue weighted by Gasteiger charge is -2.33. The Labute approximate surface area is 109 Å². The summed E-state index contributed by atoms with van der Waals surface area (Å²) in [5.74, 6) is 0. The molecule has 2 atom stereocenters. The zero-order valence-corrected chi connectivity index (χ0v) is 11.2. The van der Waals surface area contributed by atoms with Crippen LogP contribution in [0.5, 0.6) is 0 Å². The number of fused-ring (bicyclic) bond motifs is 1. The van der Waals surface area contributed by atoms with E-state index in [0.29, 0.717) is 6.04 Å². The van der Waals surface area contributed by atoms with E-state index in [1.807, 2.05) is 6.07 Å². The average Bonchev–Trinajstić information content (AvgIpc) is 2.72. The molecule has 0 aromatic heterocycles. The maximum atomic E-state index is 5.92. The predicted octanol–water partition coefficient (Wildman–Crippen LogP) is 2.62. The van der Waals surface area contributed by atoms with Crippen LogP contribution in [0.25, 0.3) is 0 Å². The standard InChI is InChI=1S/C15H23N3/c1-11-8-12(16)10-13(9-11)17-14-5-7-18-6-3-2-4-15(14)18/h8-10,14-15,17H,2-7,16H2,1H3. The first-order valence-electron chi connectivity index (χ1n) is 7.10. The fourth-order valence-corrected chi connectivity index (χ4v) is 3.53. The van der Waals surface area contributed by atoms with E-state index in [4.69, 9.17) is 5.73 Å². The van der Waals surface area contributed by atoms with E-state index in [1.165, 1.54) is 50.0 Å². The fourth-order valence-electron chi connectivity index (χ4n) is 3.53. The summed E-state index contributed by atoms with van der Waals surface area (Å²) in [6.07, 6.45) is 5.37. The summed E-state index contributed by atoms with van der Waals surface area (Å²) in [5, 5.41) is 3.70. The summed E-state index contributed by atoms with van der Waals surface area (Å²) >= 11 is 0. The highest BCUT2D eigenvalue weighted by Crippen LogP contribution is 2.29. The minimum atomic E-state index is 0.603. The topological polar surface area (TPSA) is 41.3 Å². The van der Waals surface area contributed by atoms with Crippen molar-refractivity contribution >= 4 is 11.4 Å².